The van der Waals surface area contributed by atoms with E-state index in [1.54, 1.807) is 7.05 Å². The molecule has 15 heavy (non-hydrogen) atoms. The molecular weight excluding hydrogens is 240 g/mol. The van der Waals surface area contributed by atoms with E-state index in [1.165, 1.54) is 7.05 Å². The van der Waals surface area contributed by atoms with Crippen LogP contribution < -0.4 is 16.0 Å². The lowest BCUT2D eigenvalue weighted by molar-refractivity contribution is 0.0870. The largest absolute Gasteiger partial charge is 0.315 e. The van der Waals surface area contributed by atoms with Crippen molar-refractivity contribution >= 4 is 25.3 Å². The van der Waals surface area contributed by atoms with E-state index in [1.807, 2.05) is 0 Å². The number of halogens is 2. The van der Waals surface area contributed by atoms with E-state index in [4.69, 9.17) is 0 Å². The third-order valence-corrected chi connectivity index (χ3v) is 3.09. The van der Waals surface area contributed by atoms with Gasteiger partial charge in [-0.05, 0) is 14.1 Å². The molecule has 3 nitrogen and oxygen atoms in total. The van der Waals surface area contributed by atoms with Crippen LogP contribution in [0.1, 0.15) is 0 Å². The Morgan fingerprint density at radius 3 is 1.87 bits per heavy atom. The van der Waals surface area contributed by atoms with Gasteiger partial charge in [-0.1, -0.05) is 0 Å². The lowest BCUT2D eigenvalue weighted by atomic mass is 10.2. The molecule has 0 aliphatic rings. The maximum atomic E-state index is 13.9. The molecule has 0 heterocycles. The Bertz CT molecular complexity index is 181. The first kappa shape index (κ1) is 15.4. The second kappa shape index (κ2) is 6.90. The Morgan fingerprint density at radius 1 is 1.00 bits per heavy atom. The number of hydrogen-bond acceptors (Lipinski definition) is 5. The predicted octanol–water partition coefficient (Wildman–Crippen LogP) is 0.206. The van der Waals surface area contributed by atoms with Crippen LogP contribution in [0.2, 0.25) is 0 Å². The van der Waals surface area contributed by atoms with Crippen molar-refractivity contribution in [3.8, 4) is 0 Å². The van der Waals surface area contributed by atoms with Crippen LogP contribution in [0.4, 0.5) is 8.78 Å². The minimum atomic E-state index is -1.71. The summed E-state index contributed by atoms with van der Waals surface area (Å²) in [5.41, 5.74) is 0. The maximum absolute atomic E-state index is 13.9. The van der Waals surface area contributed by atoms with Crippen molar-refractivity contribution in [2.45, 2.75) is 11.6 Å². The number of rotatable bonds is 8. The molecule has 0 saturated heterocycles. The molecule has 92 valence electrons. The first-order valence-electron chi connectivity index (χ1n) is 4.63. The average Bonchev–Trinajstić information content (AvgIpc) is 2.26. The molecule has 0 radical (unpaired) electrons. The van der Waals surface area contributed by atoms with E-state index in [9.17, 15) is 8.78 Å². The van der Waals surface area contributed by atoms with Gasteiger partial charge in [0.15, 0.2) is 11.6 Å². The Balaban J connectivity index is 4.20. The highest BCUT2D eigenvalue weighted by Gasteiger charge is 2.32. The van der Waals surface area contributed by atoms with Gasteiger partial charge in [0.05, 0.1) is 0 Å². The molecular formula is C8H19F2N3S2. The van der Waals surface area contributed by atoms with E-state index in [0.717, 1.165) is 0 Å². The van der Waals surface area contributed by atoms with Gasteiger partial charge in [0, 0.05) is 24.6 Å². The summed E-state index contributed by atoms with van der Waals surface area (Å²) in [4.78, 5) is 0. The predicted molar refractivity (Wildman–Crippen MR) is 66.4 cm³/mol. The fourth-order valence-corrected chi connectivity index (χ4v) is 1.47. The number of likely N-dealkylation sites (N-methyl/N-ethyl adjacent to an activating group) is 2. The topological polar surface area (TPSA) is 36.1 Å². The highest BCUT2D eigenvalue weighted by atomic mass is 32.1. The summed E-state index contributed by atoms with van der Waals surface area (Å²) in [5.74, 6) is -3.48. The maximum Gasteiger partial charge on any atom is 0.183 e. The molecule has 0 aliphatic carbocycles. The van der Waals surface area contributed by atoms with Gasteiger partial charge in [-0.2, -0.15) is 25.3 Å². The standard InChI is InChI=1S/C8H19F2N3S2/c1-11-3-8(10,6-15)13-4-7(9,5-14)12-2/h11-15H,3-6H2,1-2H3/t7?,8-/m1/s1. The molecule has 0 spiro atoms. The SMILES string of the molecule is CNC[C@](F)(CS)NCC(F)(CS)NC. The molecule has 1 unspecified atom stereocenters. The summed E-state index contributed by atoms with van der Waals surface area (Å²) in [6, 6.07) is 0. The molecule has 0 bridgehead atoms. The zero-order valence-electron chi connectivity index (χ0n) is 8.98. The normalized spacial score (nSPS) is 19.6. The molecule has 0 aromatic heterocycles. The van der Waals surface area contributed by atoms with Crippen molar-refractivity contribution < 1.29 is 8.78 Å². The molecule has 0 aromatic carbocycles. The van der Waals surface area contributed by atoms with Crippen molar-refractivity contribution in [3.63, 3.8) is 0 Å². The number of hydrogen-bond donors (Lipinski definition) is 5. The van der Waals surface area contributed by atoms with Crippen molar-refractivity contribution in [2.75, 3.05) is 38.7 Å². The van der Waals surface area contributed by atoms with E-state index in [0.29, 0.717) is 0 Å². The lowest BCUT2D eigenvalue weighted by Crippen LogP contribution is -2.58. The van der Waals surface area contributed by atoms with Gasteiger partial charge in [-0.3, -0.25) is 10.6 Å². The van der Waals surface area contributed by atoms with E-state index in [2.05, 4.69) is 41.2 Å². The third kappa shape index (κ3) is 5.35. The van der Waals surface area contributed by atoms with Crippen LogP contribution in [-0.4, -0.2) is 50.3 Å². The van der Waals surface area contributed by atoms with Gasteiger partial charge in [0.2, 0.25) is 0 Å². The molecule has 3 N–H and O–H groups in total. The number of thiol groups is 2. The van der Waals surface area contributed by atoms with E-state index < -0.39 is 11.6 Å². The molecule has 0 amide bonds. The molecule has 2 atom stereocenters. The van der Waals surface area contributed by atoms with E-state index >= 15 is 0 Å². The van der Waals surface area contributed by atoms with Crippen molar-refractivity contribution in [2.24, 2.45) is 0 Å². The summed E-state index contributed by atoms with van der Waals surface area (Å²) in [5, 5.41) is 7.63. The van der Waals surface area contributed by atoms with Crippen LogP contribution in [0.15, 0.2) is 0 Å². The van der Waals surface area contributed by atoms with Gasteiger partial charge in [0.1, 0.15) is 0 Å². The van der Waals surface area contributed by atoms with Crippen LogP contribution >= 0.6 is 25.3 Å². The minimum absolute atomic E-state index is 0.0276. The second-order valence-corrected chi connectivity index (χ2v) is 4.01. The van der Waals surface area contributed by atoms with Crippen LogP contribution in [0.3, 0.4) is 0 Å². The molecule has 0 fully saturated rings. The molecule has 0 rings (SSSR count). The average molecular weight is 259 g/mol. The molecule has 7 heteroatoms. The fourth-order valence-electron chi connectivity index (χ4n) is 0.976. The summed E-state index contributed by atoms with van der Waals surface area (Å²) < 4.78 is 27.5. The third-order valence-electron chi connectivity index (χ3n) is 2.09. The van der Waals surface area contributed by atoms with Crippen molar-refractivity contribution in [1.82, 2.24) is 16.0 Å². The van der Waals surface area contributed by atoms with Crippen LogP contribution in [0.5, 0.6) is 0 Å². The first-order chi connectivity index (χ1) is 6.95. The van der Waals surface area contributed by atoms with Crippen LogP contribution in [0, 0.1) is 0 Å². The zero-order valence-corrected chi connectivity index (χ0v) is 10.8. The Labute approximate surface area is 101 Å². The summed E-state index contributed by atoms with van der Waals surface area (Å²) >= 11 is 7.74. The van der Waals surface area contributed by atoms with Crippen molar-refractivity contribution in [3.05, 3.63) is 0 Å². The fraction of sp³-hybridized carbons (Fsp3) is 1.00. The lowest BCUT2D eigenvalue weighted by Gasteiger charge is -2.30. The summed E-state index contributed by atoms with van der Waals surface area (Å²) in [6.45, 7) is -0.0887. The number of alkyl halides is 2. The smallest absolute Gasteiger partial charge is 0.183 e. The molecule has 0 aromatic rings. The van der Waals surface area contributed by atoms with Gasteiger partial charge in [0.25, 0.3) is 0 Å². The monoisotopic (exact) mass is 259 g/mol. The Kier molecular flexibility index (Phi) is 7.10. The van der Waals surface area contributed by atoms with Crippen molar-refractivity contribution in [1.29, 1.82) is 0 Å². The van der Waals surface area contributed by atoms with Gasteiger partial charge >= 0.3 is 0 Å². The number of nitrogens with one attached hydrogen (secondary N) is 3. The van der Waals surface area contributed by atoms with Gasteiger partial charge < -0.3 is 5.32 Å². The highest BCUT2D eigenvalue weighted by molar-refractivity contribution is 7.80. The summed E-state index contributed by atoms with van der Waals surface area (Å²) in [7, 11) is 3.09. The Morgan fingerprint density at radius 2 is 1.53 bits per heavy atom. The molecule has 0 aliphatic heterocycles. The molecule has 0 saturated carbocycles. The van der Waals surface area contributed by atoms with Gasteiger partial charge in [-0.25, -0.2) is 8.78 Å². The Hall–Kier alpha value is 0.440. The van der Waals surface area contributed by atoms with Gasteiger partial charge in [-0.15, -0.1) is 0 Å². The zero-order chi connectivity index (χ0) is 11.9. The van der Waals surface area contributed by atoms with Crippen LogP contribution in [-0.2, 0) is 0 Å². The van der Waals surface area contributed by atoms with Crippen LogP contribution in [0.25, 0.3) is 0 Å². The summed E-state index contributed by atoms with van der Waals surface area (Å²) in [6.07, 6.45) is 0. The highest BCUT2D eigenvalue weighted by Crippen LogP contribution is 2.12. The first-order valence-corrected chi connectivity index (χ1v) is 5.90. The minimum Gasteiger partial charge on any atom is -0.315 e. The van der Waals surface area contributed by atoms with E-state index in [-0.39, 0.29) is 24.6 Å². The quantitative estimate of drug-likeness (QED) is 0.319. The second-order valence-electron chi connectivity index (χ2n) is 3.38.